The van der Waals surface area contributed by atoms with E-state index in [2.05, 4.69) is 0 Å². The summed E-state index contributed by atoms with van der Waals surface area (Å²) < 4.78 is 39.0. The molecule has 0 radical (unpaired) electrons. The highest BCUT2D eigenvalue weighted by Crippen LogP contribution is 2.24. The fraction of sp³-hybridized carbons (Fsp3) is 0.421. The van der Waals surface area contributed by atoms with Crippen LogP contribution in [0.25, 0.3) is 0 Å². The molecule has 0 saturated carbocycles. The van der Waals surface area contributed by atoms with Gasteiger partial charge in [0.1, 0.15) is 22.9 Å². The van der Waals surface area contributed by atoms with E-state index >= 15 is 0 Å². The zero-order chi connectivity index (χ0) is 19.6. The molecule has 1 saturated heterocycles. The van der Waals surface area contributed by atoms with Crippen LogP contribution in [0.15, 0.2) is 35.4 Å². The Morgan fingerprint density at radius 3 is 2.56 bits per heavy atom. The van der Waals surface area contributed by atoms with Crippen LogP contribution in [0.4, 0.5) is 0 Å². The van der Waals surface area contributed by atoms with Gasteiger partial charge in [-0.15, -0.1) is 0 Å². The van der Waals surface area contributed by atoms with Crippen molar-refractivity contribution in [2.75, 3.05) is 20.2 Å². The largest absolute Gasteiger partial charge is 0.496 e. The van der Waals surface area contributed by atoms with Crippen molar-refractivity contribution in [3.63, 3.8) is 0 Å². The van der Waals surface area contributed by atoms with Gasteiger partial charge in [0.05, 0.1) is 7.11 Å². The molecular formula is C19H24N2O5S. The van der Waals surface area contributed by atoms with Crippen molar-refractivity contribution >= 4 is 16.0 Å². The molecule has 3 rings (SSSR count). The SMILES string of the molecule is COc1ccc(C)cc1COC(=O)c1cc(S(=O)(=O)N2CCCC2)cn1C. The van der Waals surface area contributed by atoms with E-state index in [1.54, 1.807) is 14.2 Å². The van der Waals surface area contributed by atoms with Crippen LogP contribution in [0.3, 0.4) is 0 Å². The van der Waals surface area contributed by atoms with Gasteiger partial charge in [-0.2, -0.15) is 4.31 Å². The number of hydrogen-bond donors (Lipinski definition) is 0. The molecule has 1 aromatic heterocycles. The maximum absolute atomic E-state index is 12.7. The second-order valence-electron chi connectivity index (χ2n) is 6.67. The normalized spacial score (nSPS) is 15.1. The number of benzene rings is 1. The Kier molecular flexibility index (Phi) is 5.57. The molecule has 2 heterocycles. The summed E-state index contributed by atoms with van der Waals surface area (Å²) in [7, 11) is -0.383. The quantitative estimate of drug-likeness (QED) is 0.706. The first-order valence-corrected chi connectivity index (χ1v) is 10.2. The molecular weight excluding hydrogens is 368 g/mol. The Labute approximate surface area is 159 Å². The Bertz CT molecular complexity index is 943. The highest BCUT2D eigenvalue weighted by Gasteiger charge is 2.29. The van der Waals surface area contributed by atoms with Gasteiger partial charge in [-0.3, -0.25) is 0 Å². The Balaban J connectivity index is 1.76. The summed E-state index contributed by atoms with van der Waals surface area (Å²) in [5.74, 6) is 0.0570. The molecule has 1 aliphatic heterocycles. The number of carbonyl (C=O) groups is 1. The number of aryl methyl sites for hydroxylation is 2. The van der Waals surface area contributed by atoms with Crippen molar-refractivity contribution in [2.24, 2.45) is 7.05 Å². The maximum atomic E-state index is 12.7. The summed E-state index contributed by atoms with van der Waals surface area (Å²) in [6.45, 7) is 3.02. The topological polar surface area (TPSA) is 77.8 Å². The van der Waals surface area contributed by atoms with Gasteiger partial charge < -0.3 is 14.0 Å². The van der Waals surface area contributed by atoms with Crippen LogP contribution >= 0.6 is 0 Å². The van der Waals surface area contributed by atoms with Crippen LogP contribution in [0.2, 0.25) is 0 Å². The summed E-state index contributed by atoms with van der Waals surface area (Å²) in [6.07, 6.45) is 3.18. The van der Waals surface area contributed by atoms with E-state index in [-0.39, 0.29) is 17.2 Å². The van der Waals surface area contributed by atoms with Gasteiger partial charge in [0, 0.05) is 31.9 Å². The predicted octanol–water partition coefficient (Wildman–Crippen LogP) is 2.48. The van der Waals surface area contributed by atoms with Crippen LogP contribution in [-0.2, 0) is 28.4 Å². The molecule has 1 aromatic carbocycles. The van der Waals surface area contributed by atoms with Gasteiger partial charge in [0.25, 0.3) is 0 Å². The van der Waals surface area contributed by atoms with Crippen molar-refractivity contribution in [1.82, 2.24) is 8.87 Å². The number of rotatable bonds is 6. The molecule has 0 atom stereocenters. The van der Waals surface area contributed by atoms with Gasteiger partial charge in [-0.1, -0.05) is 11.6 Å². The van der Waals surface area contributed by atoms with Crippen LogP contribution in [0.1, 0.15) is 34.5 Å². The van der Waals surface area contributed by atoms with Crippen molar-refractivity contribution in [2.45, 2.75) is 31.3 Å². The van der Waals surface area contributed by atoms with Gasteiger partial charge in [0.2, 0.25) is 10.0 Å². The minimum absolute atomic E-state index is 0.0447. The summed E-state index contributed by atoms with van der Waals surface area (Å²) in [4.78, 5) is 12.6. The van der Waals surface area contributed by atoms with Gasteiger partial charge >= 0.3 is 5.97 Å². The molecule has 7 nitrogen and oxygen atoms in total. The summed E-state index contributed by atoms with van der Waals surface area (Å²) in [6, 6.07) is 7.00. The number of carbonyl (C=O) groups excluding carboxylic acids is 1. The van der Waals surface area contributed by atoms with Crippen molar-refractivity contribution in [3.8, 4) is 5.75 Å². The lowest BCUT2D eigenvalue weighted by atomic mass is 10.1. The van der Waals surface area contributed by atoms with Gasteiger partial charge in [0.15, 0.2) is 0 Å². The molecule has 0 N–H and O–H groups in total. The molecule has 27 heavy (non-hydrogen) atoms. The summed E-state index contributed by atoms with van der Waals surface area (Å²) >= 11 is 0. The summed E-state index contributed by atoms with van der Waals surface area (Å²) in [5, 5.41) is 0. The number of aromatic nitrogens is 1. The fourth-order valence-corrected chi connectivity index (χ4v) is 4.78. The first-order valence-electron chi connectivity index (χ1n) is 8.80. The maximum Gasteiger partial charge on any atom is 0.355 e. The minimum Gasteiger partial charge on any atom is -0.496 e. The lowest BCUT2D eigenvalue weighted by Gasteiger charge is -2.13. The molecule has 0 aliphatic carbocycles. The highest BCUT2D eigenvalue weighted by atomic mass is 32.2. The Morgan fingerprint density at radius 2 is 1.89 bits per heavy atom. The smallest absolute Gasteiger partial charge is 0.355 e. The van der Waals surface area contributed by atoms with Crippen LogP contribution < -0.4 is 4.74 Å². The Hall–Kier alpha value is -2.32. The number of nitrogens with zero attached hydrogens (tertiary/aromatic N) is 2. The first-order chi connectivity index (χ1) is 12.8. The van der Waals surface area contributed by atoms with E-state index < -0.39 is 16.0 Å². The molecule has 1 aliphatic rings. The number of sulfonamides is 1. The predicted molar refractivity (Wildman–Crippen MR) is 100 cm³/mol. The lowest BCUT2D eigenvalue weighted by Crippen LogP contribution is -2.27. The van der Waals surface area contributed by atoms with Crippen LogP contribution in [0.5, 0.6) is 5.75 Å². The molecule has 0 amide bonds. The standard InChI is InChI=1S/C19H24N2O5S/c1-14-6-7-18(25-3)15(10-14)13-26-19(22)17-11-16(12-20(17)2)27(23,24)21-8-4-5-9-21/h6-7,10-12H,4-5,8-9,13H2,1-3H3. The molecule has 0 unspecified atom stereocenters. The monoisotopic (exact) mass is 392 g/mol. The molecule has 2 aromatic rings. The van der Waals surface area contributed by atoms with Crippen molar-refractivity contribution in [1.29, 1.82) is 0 Å². The summed E-state index contributed by atoms with van der Waals surface area (Å²) in [5.41, 5.74) is 1.98. The van der Waals surface area contributed by atoms with E-state index in [0.717, 1.165) is 24.0 Å². The highest BCUT2D eigenvalue weighted by molar-refractivity contribution is 7.89. The Morgan fingerprint density at radius 1 is 1.19 bits per heavy atom. The van der Waals surface area contributed by atoms with Crippen molar-refractivity contribution in [3.05, 3.63) is 47.3 Å². The fourth-order valence-electron chi connectivity index (χ4n) is 3.19. The molecule has 146 valence electrons. The van der Waals surface area contributed by atoms with Gasteiger partial charge in [-0.25, -0.2) is 13.2 Å². The van der Waals surface area contributed by atoms with Gasteiger partial charge in [-0.05, 0) is 38.0 Å². The first kappa shape index (κ1) is 19.4. The molecule has 8 heteroatoms. The zero-order valence-electron chi connectivity index (χ0n) is 15.8. The van der Waals surface area contributed by atoms with Crippen LogP contribution in [-0.4, -0.2) is 43.5 Å². The number of methoxy groups -OCH3 is 1. The molecule has 1 fully saturated rings. The molecule has 0 spiro atoms. The average molecular weight is 392 g/mol. The van der Waals surface area contributed by atoms with Crippen LogP contribution in [0, 0.1) is 6.92 Å². The third-order valence-corrected chi connectivity index (χ3v) is 6.55. The number of hydrogen-bond acceptors (Lipinski definition) is 5. The third-order valence-electron chi connectivity index (χ3n) is 4.69. The number of esters is 1. The minimum atomic E-state index is -3.57. The average Bonchev–Trinajstić information content (AvgIpc) is 3.30. The van der Waals surface area contributed by atoms with Crippen molar-refractivity contribution < 1.29 is 22.7 Å². The second-order valence-corrected chi connectivity index (χ2v) is 8.61. The lowest BCUT2D eigenvalue weighted by molar-refractivity contribution is 0.0459. The number of ether oxygens (including phenoxy) is 2. The van der Waals surface area contributed by atoms with E-state index in [9.17, 15) is 13.2 Å². The van der Waals surface area contributed by atoms with E-state index in [1.807, 2.05) is 25.1 Å². The zero-order valence-corrected chi connectivity index (χ0v) is 16.6. The third kappa shape index (κ3) is 4.01. The van der Waals surface area contributed by atoms with E-state index in [1.165, 1.54) is 21.1 Å². The second kappa shape index (κ2) is 7.74. The van der Waals surface area contributed by atoms with E-state index in [0.29, 0.717) is 18.8 Å². The molecule has 0 bridgehead atoms. The van der Waals surface area contributed by atoms with E-state index in [4.69, 9.17) is 9.47 Å².